The summed E-state index contributed by atoms with van der Waals surface area (Å²) in [6.07, 6.45) is 2.33. The standard InChI is InChI=1S/C10H15NO3S/c1-8(10-3-2-5-14-10)11-9-4-6-15(12,13)7-9/h2-3,5,8-9,11H,4,6-7H2,1H3/t8-,9+/m0/s1. The maximum absolute atomic E-state index is 11.2. The van der Waals surface area contributed by atoms with Gasteiger partial charge in [0, 0.05) is 6.04 Å². The Balaban J connectivity index is 1.94. The number of hydrogen-bond acceptors (Lipinski definition) is 4. The molecule has 1 aromatic rings. The lowest BCUT2D eigenvalue weighted by molar-refractivity contribution is 0.400. The molecule has 1 fully saturated rings. The summed E-state index contributed by atoms with van der Waals surface area (Å²) in [7, 11) is -2.80. The van der Waals surface area contributed by atoms with Gasteiger partial charge in [0.25, 0.3) is 0 Å². The highest BCUT2D eigenvalue weighted by molar-refractivity contribution is 7.91. The summed E-state index contributed by atoms with van der Waals surface area (Å²) in [6.45, 7) is 1.98. The fourth-order valence-corrected chi connectivity index (χ4v) is 3.59. The van der Waals surface area contributed by atoms with Crippen molar-refractivity contribution in [3.8, 4) is 0 Å². The molecule has 1 saturated heterocycles. The van der Waals surface area contributed by atoms with Crippen LogP contribution >= 0.6 is 0 Å². The first-order valence-corrected chi connectivity index (χ1v) is 6.89. The Morgan fingerprint density at radius 2 is 2.40 bits per heavy atom. The Labute approximate surface area is 89.6 Å². The van der Waals surface area contributed by atoms with Crippen LogP contribution in [0, 0.1) is 0 Å². The Hall–Kier alpha value is -0.810. The van der Waals surface area contributed by atoms with Crippen LogP contribution in [-0.4, -0.2) is 26.0 Å². The molecule has 2 atom stereocenters. The number of furan rings is 1. The molecule has 0 aliphatic carbocycles. The molecule has 1 aromatic heterocycles. The van der Waals surface area contributed by atoms with E-state index in [0.29, 0.717) is 12.2 Å². The molecule has 0 radical (unpaired) electrons. The van der Waals surface area contributed by atoms with Crippen LogP contribution < -0.4 is 5.32 Å². The van der Waals surface area contributed by atoms with Gasteiger partial charge in [0.15, 0.2) is 9.84 Å². The second-order valence-corrected chi connectivity index (χ2v) is 6.23. The molecule has 0 unspecified atom stereocenters. The van der Waals surface area contributed by atoms with Crippen LogP contribution in [0.2, 0.25) is 0 Å². The lowest BCUT2D eigenvalue weighted by atomic mass is 10.2. The van der Waals surface area contributed by atoms with E-state index in [0.717, 1.165) is 5.76 Å². The third-order valence-electron chi connectivity index (χ3n) is 2.69. The summed E-state index contributed by atoms with van der Waals surface area (Å²) in [4.78, 5) is 0. The van der Waals surface area contributed by atoms with Gasteiger partial charge in [0.05, 0.1) is 23.8 Å². The smallest absolute Gasteiger partial charge is 0.151 e. The van der Waals surface area contributed by atoms with Gasteiger partial charge in [-0.1, -0.05) is 0 Å². The molecule has 0 amide bonds. The van der Waals surface area contributed by atoms with Gasteiger partial charge in [-0.25, -0.2) is 8.42 Å². The van der Waals surface area contributed by atoms with Crippen LogP contribution in [0.25, 0.3) is 0 Å². The number of sulfone groups is 1. The summed E-state index contributed by atoms with van der Waals surface area (Å²) in [5.41, 5.74) is 0. The molecular formula is C10H15NO3S. The minimum atomic E-state index is -2.80. The predicted molar refractivity (Wildman–Crippen MR) is 57.3 cm³/mol. The average molecular weight is 229 g/mol. The fraction of sp³-hybridized carbons (Fsp3) is 0.600. The van der Waals surface area contributed by atoms with E-state index >= 15 is 0 Å². The first kappa shape index (κ1) is 10.7. The Kier molecular flexibility index (Phi) is 2.84. The summed E-state index contributed by atoms with van der Waals surface area (Å²) < 4.78 is 27.7. The second kappa shape index (κ2) is 3.98. The first-order valence-electron chi connectivity index (χ1n) is 5.07. The molecular weight excluding hydrogens is 214 g/mol. The monoisotopic (exact) mass is 229 g/mol. The van der Waals surface area contributed by atoms with Crippen LogP contribution in [0.5, 0.6) is 0 Å². The Bertz CT molecular complexity index is 410. The van der Waals surface area contributed by atoms with E-state index in [9.17, 15) is 8.42 Å². The third kappa shape index (κ3) is 2.60. The fourth-order valence-electron chi connectivity index (χ4n) is 1.90. The van der Waals surface area contributed by atoms with E-state index in [1.165, 1.54) is 0 Å². The second-order valence-electron chi connectivity index (χ2n) is 4.00. The molecule has 2 rings (SSSR count). The predicted octanol–water partition coefficient (Wildman–Crippen LogP) is 1.12. The van der Waals surface area contributed by atoms with Crippen molar-refractivity contribution in [1.82, 2.24) is 5.32 Å². The van der Waals surface area contributed by atoms with Crippen LogP contribution in [-0.2, 0) is 9.84 Å². The average Bonchev–Trinajstić information content (AvgIpc) is 2.74. The molecule has 0 spiro atoms. The van der Waals surface area contributed by atoms with Gasteiger partial charge in [-0.2, -0.15) is 0 Å². The van der Waals surface area contributed by atoms with Gasteiger partial charge in [-0.15, -0.1) is 0 Å². The Morgan fingerprint density at radius 3 is 2.93 bits per heavy atom. The van der Waals surface area contributed by atoms with Gasteiger partial charge >= 0.3 is 0 Å². The van der Waals surface area contributed by atoms with Crippen LogP contribution in [0.1, 0.15) is 25.1 Å². The van der Waals surface area contributed by atoms with Crippen molar-refractivity contribution in [2.45, 2.75) is 25.4 Å². The SMILES string of the molecule is C[C@H](N[C@@H]1CCS(=O)(=O)C1)c1ccco1. The van der Waals surface area contributed by atoms with Gasteiger partial charge in [-0.05, 0) is 25.5 Å². The van der Waals surface area contributed by atoms with Crippen LogP contribution in [0.4, 0.5) is 0 Å². The quantitative estimate of drug-likeness (QED) is 0.843. The largest absolute Gasteiger partial charge is 0.468 e. The Morgan fingerprint density at radius 1 is 1.60 bits per heavy atom. The number of nitrogens with one attached hydrogen (secondary N) is 1. The molecule has 0 saturated carbocycles. The zero-order valence-electron chi connectivity index (χ0n) is 8.64. The van der Waals surface area contributed by atoms with Crippen molar-refractivity contribution in [2.75, 3.05) is 11.5 Å². The molecule has 1 N–H and O–H groups in total. The van der Waals surface area contributed by atoms with Crippen molar-refractivity contribution in [3.05, 3.63) is 24.2 Å². The summed E-state index contributed by atoms with van der Waals surface area (Å²) in [5, 5.41) is 3.26. The van der Waals surface area contributed by atoms with Crippen molar-refractivity contribution in [2.24, 2.45) is 0 Å². The van der Waals surface area contributed by atoms with E-state index in [1.807, 2.05) is 19.1 Å². The highest BCUT2D eigenvalue weighted by Crippen LogP contribution is 2.18. The maximum Gasteiger partial charge on any atom is 0.151 e. The minimum absolute atomic E-state index is 0.0649. The molecule has 84 valence electrons. The van der Waals surface area contributed by atoms with Gasteiger partial charge in [-0.3, -0.25) is 0 Å². The van der Waals surface area contributed by atoms with Gasteiger partial charge < -0.3 is 9.73 Å². The van der Waals surface area contributed by atoms with Crippen LogP contribution in [0.15, 0.2) is 22.8 Å². The molecule has 1 aliphatic heterocycles. The lowest BCUT2D eigenvalue weighted by Gasteiger charge is -2.16. The normalized spacial score (nSPS) is 26.6. The molecule has 15 heavy (non-hydrogen) atoms. The molecule has 0 bridgehead atoms. The topological polar surface area (TPSA) is 59.3 Å². The third-order valence-corrected chi connectivity index (χ3v) is 4.46. The maximum atomic E-state index is 11.2. The molecule has 4 nitrogen and oxygen atoms in total. The number of hydrogen-bond donors (Lipinski definition) is 1. The van der Waals surface area contributed by atoms with E-state index in [4.69, 9.17) is 4.42 Å². The summed E-state index contributed by atoms with van der Waals surface area (Å²) >= 11 is 0. The molecule has 0 aromatic carbocycles. The van der Waals surface area contributed by atoms with Crippen molar-refractivity contribution in [3.63, 3.8) is 0 Å². The molecule has 1 aliphatic rings. The minimum Gasteiger partial charge on any atom is -0.468 e. The lowest BCUT2D eigenvalue weighted by Crippen LogP contribution is -2.32. The van der Waals surface area contributed by atoms with Crippen molar-refractivity contribution >= 4 is 9.84 Å². The molecule has 5 heteroatoms. The van der Waals surface area contributed by atoms with Gasteiger partial charge in [0.1, 0.15) is 5.76 Å². The zero-order valence-corrected chi connectivity index (χ0v) is 9.46. The van der Waals surface area contributed by atoms with Crippen LogP contribution in [0.3, 0.4) is 0 Å². The first-order chi connectivity index (χ1) is 7.07. The zero-order chi connectivity index (χ0) is 10.9. The number of rotatable bonds is 3. The van der Waals surface area contributed by atoms with E-state index < -0.39 is 9.84 Å². The van der Waals surface area contributed by atoms with E-state index in [2.05, 4.69) is 5.32 Å². The summed E-state index contributed by atoms with van der Waals surface area (Å²) in [6, 6.07) is 3.86. The summed E-state index contributed by atoms with van der Waals surface area (Å²) in [5.74, 6) is 1.40. The highest BCUT2D eigenvalue weighted by atomic mass is 32.2. The highest BCUT2D eigenvalue weighted by Gasteiger charge is 2.29. The van der Waals surface area contributed by atoms with Crippen molar-refractivity contribution < 1.29 is 12.8 Å². The molecule has 2 heterocycles. The van der Waals surface area contributed by atoms with E-state index in [1.54, 1.807) is 6.26 Å². The van der Waals surface area contributed by atoms with Crippen molar-refractivity contribution in [1.29, 1.82) is 0 Å². The van der Waals surface area contributed by atoms with Gasteiger partial charge in [0.2, 0.25) is 0 Å². The van der Waals surface area contributed by atoms with E-state index in [-0.39, 0.29) is 17.8 Å².